The Morgan fingerprint density at radius 3 is 3.06 bits per heavy atom. The molecule has 3 nitrogen and oxygen atoms in total. The molecule has 2 rings (SSSR count). The Morgan fingerprint density at radius 1 is 1.41 bits per heavy atom. The van der Waals surface area contributed by atoms with Crippen molar-refractivity contribution in [1.82, 2.24) is 10.2 Å². The van der Waals surface area contributed by atoms with Gasteiger partial charge in [-0.2, -0.15) is 11.8 Å². The minimum atomic E-state index is 0.727. The topological polar surface area (TPSA) is 24.5 Å². The summed E-state index contributed by atoms with van der Waals surface area (Å²) in [4.78, 5) is 2.62. The summed E-state index contributed by atoms with van der Waals surface area (Å²) in [5.41, 5.74) is 0. The summed E-state index contributed by atoms with van der Waals surface area (Å²) in [5.74, 6) is 2.05. The van der Waals surface area contributed by atoms with Crippen LogP contribution in [0.5, 0.6) is 0 Å². The third-order valence-electron chi connectivity index (χ3n) is 4.05. The van der Waals surface area contributed by atoms with E-state index in [1.54, 1.807) is 0 Å². The largest absolute Gasteiger partial charge is 0.381 e. The van der Waals surface area contributed by atoms with E-state index in [2.05, 4.69) is 35.8 Å². The summed E-state index contributed by atoms with van der Waals surface area (Å²) in [6, 6.07) is 0.727. The van der Waals surface area contributed by atoms with E-state index in [4.69, 9.17) is 4.74 Å². The van der Waals surface area contributed by atoms with Gasteiger partial charge in [0.1, 0.15) is 0 Å². The Labute approximate surface area is 110 Å². The van der Waals surface area contributed by atoms with Crippen molar-refractivity contribution in [3.05, 3.63) is 0 Å². The Morgan fingerprint density at radius 2 is 2.29 bits per heavy atom. The fourth-order valence-electron chi connectivity index (χ4n) is 2.58. The number of ether oxygens (including phenoxy) is 1. The fraction of sp³-hybridized carbons (Fsp3) is 1.00. The highest BCUT2D eigenvalue weighted by molar-refractivity contribution is 8.00. The molecule has 0 bridgehead atoms. The van der Waals surface area contributed by atoms with Crippen molar-refractivity contribution in [2.45, 2.75) is 31.6 Å². The van der Waals surface area contributed by atoms with Crippen LogP contribution in [0.3, 0.4) is 0 Å². The average Bonchev–Trinajstić information content (AvgIpc) is 2.83. The number of nitrogens with zero attached hydrogens (tertiary/aromatic N) is 1. The molecule has 0 spiro atoms. The molecule has 2 aliphatic heterocycles. The first-order valence-corrected chi connectivity index (χ1v) is 7.96. The van der Waals surface area contributed by atoms with E-state index >= 15 is 0 Å². The van der Waals surface area contributed by atoms with E-state index in [1.807, 2.05) is 0 Å². The molecule has 3 unspecified atom stereocenters. The molecule has 3 atom stereocenters. The fourth-order valence-corrected chi connectivity index (χ4v) is 3.75. The summed E-state index contributed by atoms with van der Waals surface area (Å²) in [7, 11) is 0. The highest BCUT2D eigenvalue weighted by atomic mass is 32.2. The van der Waals surface area contributed by atoms with Gasteiger partial charge in [-0.15, -0.1) is 0 Å². The minimum absolute atomic E-state index is 0.727. The van der Waals surface area contributed by atoms with Gasteiger partial charge in [-0.05, 0) is 19.3 Å². The summed E-state index contributed by atoms with van der Waals surface area (Å²) in [5, 5.41) is 4.37. The van der Waals surface area contributed by atoms with Crippen LogP contribution in [0.15, 0.2) is 0 Å². The van der Waals surface area contributed by atoms with Crippen LogP contribution >= 0.6 is 11.8 Å². The molecule has 0 aromatic rings. The molecule has 0 saturated carbocycles. The van der Waals surface area contributed by atoms with Gasteiger partial charge in [-0.3, -0.25) is 4.90 Å². The molecule has 2 fully saturated rings. The van der Waals surface area contributed by atoms with Crippen LogP contribution in [0, 0.1) is 5.92 Å². The van der Waals surface area contributed by atoms with Gasteiger partial charge in [0.25, 0.3) is 0 Å². The van der Waals surface area contributed by atoms with Gasteiger partial charge in [0.05, 0.1) is 6.61 Å². The quantitative estimate of drug-likeness (QED) is 0.754. The number of hydrogen-bond donors (Lipinski definition) is 1. The van der Waals surface area contributed by atoms with E-state index in [-0.39, 0.29) is 0 Å². The first kappa shape index (κ1) is 13.7. The van der Waals surface area contributed by atoms with Crippen LogP contribution < -0.4 is 5.32 Å². The first-order valence-electron chi connectivity index (χ1n) is 6.91. The number of thioether (sulfide) groups is 1. The van der Waals surface area contributed by atoms with Crippen LogP contribution in [0.1, 0.15) is 20.3 Å². The zero-order valence-electron chi connectivity index (χ0n) is 11.2. The van der Waals surface area contributed by atoms with Gasteiger partial charge in [0.2, 0.25) is 0 Å². The highest BCUT2D eigenvalue weighted by Gasteiger charge is 2.24. The molecular weight excluding hydrogens is 232 g/mol. The summed E-state index contributed by atoms with van der Waals surface area (Å²) in [6.45, 7) is 11.3. The monoisotopic (exact) mass is 258 g/mol. The summed E-state index contributed by atoms with van der Waals surface area (Å²) >= 11 is 2.11. The first-order chi connectivity index (χ1) is 8.27. The van der Waals surface area contributed by atoms with Crippen molar-refractivity contribution >= 4 is 11.8 Å². The van der Waals surface area contributed by atoms with Crippen molar-refractivity contribution in [3.63, 3.8) is 0 Å². The molecule has 0 radical (unpaired) electrons. The lowest BCUT2D eigenvalue weighted by molar-refractivity contribution is 0.183. The van der Waals surface area contributed by atoms with Crippen molar-refractivity contribution < 1.29 is 4.74 Å². The molecule has 0 aromatic heterocycles. The third-order valence-corrected chi connectivity index (χ3v) is 5.39. The molecule has 1 N–H and O–H groups in total. The van der Waals surface area contributed by atoms with Gasteiger partial charge in [-0.25, -0.2) is 0 Å². The maximum absolute atomic E-state index is 5.38. The SMILES string of the molecule is CC1SCCN(CCNCC2CCOC2)C1C. The summed E-state index contributed by atoms with van der Waals surface area (Å²) < 4.78 is 5.38. The molecule has 0 aliphatic carbocycles. The van der Waals surface area contributed by atoms with Gasteiger partial charge in [-0.1, -0.05) is 6.92 Å². The van der Waals surface area contributed by atoms with E-state index in [9.17, 15) is 0 Å². The maximum Gasteiger partial charge on any atom is 0.0507 e. The molecule has 2 aliphatic rings. The molecule has 0 amide bonds. The lowest BCUT2D eigenvalue weighted by atomic mass is 10.1. The normalized spacial score (nSPS) is 35.3. The Bertz CT molecular complexity index is 221. The third kappa shape index (κ3) is 4.12. The van der Waals surface area contributed by atoms with Gasteiger partial charge in [0, 0.05) is 49.8 Å². The number of hydrogen-bond acceptors (Lipinski definition) is 4. The second-order valence-corrected chi connectivity index (χ2v) is 6.77. The van der Waals surface area contributed by atoms with E-state index in [1.165, 1.54) is 25.3 Å². The van der Waals surface area contributed by atoms with E-state index in [0.29, 0.717) is 0 Å². The summed E-state index contributed by atoms with van der Waals surface area (Å²) in [6.07, 6.45) is 1.24. The maximum atomic E-state index is 5.38. The second-order valence-electron chi connectivity index (χ2n) is 5.29. The van der Waals surface area contributed by atoms with Crippen LogP contribution in [0.2, 0.25) is 0 Å². The zero-order valence-corrected chi connectivity index (χ0v) is 12.0. The Balaban J connectivity index is 1.57. The number of rotatable bonds is 5. The molecular formula is C13H26N2OS. The van der Waals surface area contributed by atoms with Crippen LogP contribution in [-0.4, -0.2) is 61.3 Å². The smallest absolute Gasteiger partial charge is 0.0507 e. The highest BCUT2D eigenvalue weighted by Crippen LogP contribution is 2.23. The standard InChI is InChI=1S/C13H26N2OS/c1-11-12(2)17-8-6-15(11)5-4-14-9-13-3-7-16-10-13/h11-14H,3-10H2,1-2H3. The Kier molecular flexibility index (Phi) is 5.60. The van der Waals surface area contributed by atoms with Crippen molar-refractivity contribution in [2.75, 3.05) is 45.1 Å². The second kappa shape index (κ2) is 6.98. The van der Waals surface area contributed by atoms with Gasteiger partial charge >= 0.3 is 0 Å². The van der Waals surface area contributed by atoms with E-state index in [0.717, 1.165) is 43.5 Å². The number of nitrogens with one attached hydrogen (secondary N) is 1. The van der Waals surface area contributed by atoms with Crippen molar-refractivity contribution in [2.24, 2.45) is 5.92 Å². The predicted octanol–water partition coefficient (Wildman–Crippen LogP) is 1.44. The van der Waals surface area contributed by atoms with Crippen LogP contribution in [0.25, 0.3) is 0 Å². The van der Waals surface area contributed by atoms with Crippen LogP contribution in [-0.2, 0) is 4.74 Å². The van der Waals surface area contributed by atoms with E-state index < -0.39 is 0 Å². The molecule has 4 heteroatoms. The molecule has 0 aromatic carbocycles. The van der Waals surface area contributed by atoms with Gasteiger partial charge < -0.3 is 10.1 Å². The van der Waals surface area contributed by atoms with Crippen LogP contribution in [0.4, 0.5) is 0 Å². The van der Waals surface area contributed by atoms with Crippen molar-refractivity contribution in [3.8, 4) is 0 Å². The molecule has 2 heterocycles. The molecule has 100 valence electrons. The molecule has 2 saturated heterocycles. The molecule has 17 heavy (non-hydrogen) atoms. The lowest BCUT2D eigenvalue weighted by Gasteiger charge is -2.37. The average molecular weight is 258 g/mol. The lowest BCUT2D eigenvalue weighted by Crippen LogP contribution is -2.47. The minimum Gasteiger partial charge on any atom is -0.381 e. The van der Waals surface area contributed by atoms with Gasteiger partial charge in [0.15, 0.2) is 0 Å². The predicted molar refractivity (Wildman–Crippen MR) is 74.8 cm³/mol. The Hall–Kier alpha value is 0.230. The van der Waals surface area contributed by atoms with Crippen molar-refractivity contribution in [1.29, 1.82) is 0 Å². The zero-order chi connectivity index (χ0) is 12.1.